The van der Waals surface area contributed by atoms with Crippen LogP contribution >= 0.6 is 0 Å². The standard InChI is InChI=1S/C21H16O2/c1-14-4-2-5-15(10-14)16-6-3-7-17(11-16)20-12-18-8-9-19(22)13-21(18)23-20/h2-13,22H,1H3. The molecule has 0 amide bonds. The maximum atomic E-state index is 9.57. The van der Waals surface area contributed by atoms with Crippen molar-refractivity contribution in [2.45, 2.75) is 6.92 Å². The third kappa shape index (κ3) is 2.59. The molecule has 4 rings (SSSR count). The summed E-state index contributed by atoms with van der Waals surface area (Å²) in [4.78, 5) is 0. The molecule has 0 aliphatic heterocycles. The SMILES string of the molecule is Cc1cccc(-c2cccc(-c3cc4ccc(O)cc4o3)c2)c1. The summed E-state index contributed by atoms with van der Waals surface area (Å²) >= 11 is 0. The smallest absolute Gasteiger partial charge is 0.138 e. The second kappa shape index (κ2) is 5.33. The van der Waals surface area contributed by atoms with Crippen LogP contribution in [0.5, 0.6) is 5.75 Å². The zero-order valence-electron chi connectivity index (χ0n) is 12.8. The van der Waals surface area contributed by atoms with Crippen molar-refractivity contribution in [3.8, 4) is 28.2 Å². The van der Waals surface area contributed by atoms with Gasteiger partial charge in [-0.25, -0.2) is 0 Å². The Morgan fingerprint density at radius 3 is 2.30 bits per heavy atom. The van der Waals surface area contributed by atoms with Gasteiger partial charge in [0.2, 0.25) is 0 Å². The van der Waals surface area contributed by atoms with Gasteiger partial charge in [-0.15, -0.1) is 0 Å². The quantitative estimate of drug-likeness (QED) is 0.509. The van der Waals surface area contributed by atoms with Gasteiger partial charge < -0.3 is 9.52 Å². The molecule has 0 fully saturated rings. The Hall–Kier alpha value is -3.00. The number of hydrogen-bond donors (Lipinski definition) is 1. The lowest BCUT2D eigenvalue weighted by Crippen LogP contribution is -1.81. The van der Waals surface area contributed by atoms with E-state index in [0.29, 0.717) is 5.58 Å². The molecule has 112 valence electrons. The minimum Gasteiger partial charge on any atom is -0.508 e. The molecule has 2 nitrogen and oxygen atoms in total. The molecule has 23 heavy (non-hydrogen) atoms. The van der Waals surface area contributed by atoms with E-state index in [-0.39, 0.29) is 5.75 Å². The predicted octanol–water partition coefficient (Wildman–Crippen LogP) is 5.78. The van der Waals surface area contributed by atoms with Gasteiger partial charge in [-0.05, 0) is 42.3 Å². The molecule has 0 aliphatic rings. The number of fused-ring (bicyclic) bond motifs is 1. The fourth-order valence-electron chi connectivity index (χ4n) is 2.84. The van der Waals surface area contributed by atoms with Crippen LogP contribution in [0.15, 0.2) is 77.2 Å². The highest BCUT2D eigenvalue weighted by Crippen LogP contribution is 2.32. The van der Waals surface area contributed by atoms with Crippen LogP contribution in [0.4, 0.5) is 0 Å². The van der Waals surface area contributed by atoms with Crippen LogP contribution in [0.3, 0.4) is 0 Å². The van der Waals surface area contributed by atoms with Crippen LogP contribution in [0.1, 0.15) is 5.56 Å². The third-order valence-electron chi connectivity index (χ3n) is 4.00. The molecule has 1 aromatic heterocycles. The molecule has 0 saturated heterocycles. The van der Waals surface area contributed by atoms with E-state index in [4.69, 9.17) is 4.42 Å². The molecular formula is C21H16O2. The summed E-state index contributed by atoms with van der Waals surface area (Å²) in [7, 11) is 0. The molecule has 0 saturated carbocycles. The van der Waals surface area contributed by atoms with Gasteiger partial charge in [0.25, 0.3) is 0 Å². The first-order valence-corrected chi connectivity index (χ1v) is 7.59. The maximum absolute atomic E-state index is 9.57. The van der Waals surface area contributed by atoms with Crippen molar-refractivity contribution in [2.24, 2.45) is 0 Å². The number of hydrogen-bond acceptors (Lipinski definition) is 2. The first-order chi connectivity index (χ1) is 11.2. The lowest BCUT2D eigenvalue weighted by Gasteiger charge is -2.05. The summed E-state index contributed by atoms with van der Waals surface area (Å²) in [6.45, 7) is 2.10. The van der Waals surface area contributed by atoms with Gasteiger partial charge in [0.15, 0.2) is 0 Å². The van der Waals surface area contributed by atoms with Gasteiger partial charge >= 0.3 is 0 Å². The average molecular weight is 300 g/mol. The van der Waals surface area contributed by atoms with Gasteiger partial charge in [0, 0.05) is 17.0 Å². The Morgan fingerprint density at radius 2 is 1.48 bits per heavy atom. The van der Waals surface area contributed by atoms with E-state index in [1.54, 1.807) is 12.1 Å². The molecule has 0 atom stereocenters. The fraction of sp³-hybridized carbons (Fsp3) is 0.0476. The van der Waals surface area contributed by atoms with E-state index in [9.17, 15) is 5.11 Å². The summed E-state index contributed by atoms with van der Waals surface area (Å²) in [6.07, 6.45) is 0. The minimum atomic E-state index is 0.215. The second-order valence-corrected chi connectivity index (χ2v) is 5.78. The van der Waals surface area contributed by atoms with Crippen molar-refractivity contribution < 1.29 is 9.52 Å². The highest BCUT2D eigenvalue weighted by molar-refractivity contribution is 5.84. The van der Waals surface area contributed by atoms with Gasteiger partial charge in [-0.3, -0.25) is 0 Å². The van der Waals surface area contributed by atoms with Crippen molar-refractivity contribution >= 4 is 11.0 Å². The summed E-state index contributed by atoms with van der Waals surface area (Å²) in [5.74, 6) is 1.02. The highest BCUT2D eigenvalue weighted by atomic mass is 16.3. The maximum Gasteiger partial charge on any atom is 0.138 e. The van der Waals surface area contributed by atoms with Crippen LogP contribution in [0.2, 0.25) is 0 Å². The van der Waals surface area contributed by atoms with E-state index in [1.807, 2.05) is 24.3 Å². The Kier molecular flexibility index (Phi) is 3.16. The Labute approximate surface area is 134 Å². The third-order valence-corrected chi connectivity index (χ3v) is 4.00. The van der Waals surface area contributed by atoms with Crippen molar-refractivity contribution in [3.05, 3.63) is 78.4 Å². The molecule has 2 heteroatoms. The number of phenols is 1. The molecule has 0 aliphatic carbocycles. The molecular weight excluding hydrogens is 284 g/mol. The van der Waals surface area contributed by atoms with E-state index < -0.39 is 0 Å². The fourth-order valence-corrected chi connectivity index (χ4v) is 2.84. The molecule has 0 spiro atoms. The van der Waals surface area contributed by atoms with Crippen LogP contribution in [-0.2, 0) is 0 Å². The molecule has 1 heterocycles. The van der Waals surface area contributed by atoms with Gasteiger partial charge in [-0.1, -0.05) is 48.0 Å². The van der Waals surface area contributed by atoms with Crippen molar-refractivity contribution in [3.63, 3.8) is 0 Å². The topological polar surface area (TPSA) is 33.4 Å². The normalized spacial score (nSPS) is 11.0. The second-order valence-electron chi connectivity index (χ2n) is 5.78. The number of benzene rings is 3. The summed E-state index contributed by atoms with van der Waals surface area (Å²) in [5.41, 5.74) is 5.32. The molecule has 3 aromatic carbocycles. The van der Waals surface area contributed by atoms with Gasteiger partial charge in [0.05, 0.1) is 0 Å². The van der Waals surface area contributed by atoms with Crippen molar-refractivity contribution in [2.75, 3.05) is 0 Å². The number of rotatable bonds is 2. The molecule has 0 unspecified atom stereocenters. The number of aromatic hydroxyl groups is 1. The lowest BCUT2D eigenvalue weighted by atomic mass is 10.0. The minimum absolute atomic E-state index is 0.215. The Balaban J connectivity index is 1.80. The number of furan rings is 1. The molecule has 4 aromatic rings. The molecule has 1 N–H and O–H groups in total. The van der Waals surface area contributed by atoms with E-state index >= 15 is 0 Å². The van der Waals surface area contributed by atoms with E-state index in [0.717, 1.165) is 22.3 Å². The first-order valence-electron chi connectivity index (χ1n) is 7.59. The van der Waals surface area contributed by atoms with Gasteiger partial charge in [0.1, 0.15) is 17.1 Å². The van der Waals surface area contributed by atoms with Crippen molar-refractivity contribution in [1.29, 1.82) is 0 Å². The van der Waals surface area contributed by atoms with Crippen LogP contribution < -0.4 is 0 Å². The summed E-state index contributed by atoms with van der Waals surface area (Å²) < 4.78 is 5.89. The number of aryl methyl sites for hydroxylation is 1. The molecule has 0 radical (unpaired) electrons. The highest BCUT2D eigenvalue weighted by Gasteiger charge is 2.08. The van der Waals surface area contributed by atoms with Crippen LogP contribution in [0.25, 0.3) is 33.4 Å². The average Bonchev–Trinajstić information content (AvgIpc) is 2.98. The van der Waals surface area contributed by atoms with Gasteiger partial charge in [-0.2, -0.15) is 0 Å². The Bertz CT molecular complexity index is 996. The van der Waals surface area contributed by atoms with E-state index in [2.05, 4.69) is 43.3 Å². The van der Waals surface area contributed by atoms with Crippen LogP contribution in [-0.4, -0.2) is 5.11 Å². The zero-order valence-corrected chi connectivity index (χ0v) is 12.8. The number of phenolic OH excluding ortho intramolecular Hbond substituents is 1. The van der Waals surface area contributed by atoms with E-state index in [1.165, 1.54) is 11.1 Å². The zero-order chi connectivity index (χ0) is 15.8. The lowest BCUT2D eigenvalue weighted by molar-refractivity contribution is 0.474. The van der Waals surface area contributed by atoms with Crippen molar-refractivity contribution in [1.82, 2.24) is 0 Å². The summed E-state index contributed by atoms with van der Waals surface area (Å²) in [6, 6.07) is 24.0. The molecule has 0 bridgehead atoms. The monoisotopic (exact) mass is 300 g/mol. The Morgan fingerprint density at radius 1 is 0.739 bits per heavy atom. The van der Waals surface area contributed by atoms with Crippen LogP contribution in [0, 0.1) is 6.92 Å². The predicted molar refractivity (Wildman–Crippen MR) is 93.5 cm³/mol. The first kappa shape index (κ1) is 13.6. The summed E-state index contributed by atoms with van der Waals surface area (Å²) in [5, 5.41) is 10.6. The largest absolute Gasteiger partial charge is 0.508 e.